The van der Waals surface area contributed by atoms with Gasteiger partial charge < -0.3 is 19.4 Å². The second-order valence-corrected chi connectivity index (χ2v) is 9.32. The molecule has 4 rings (SSSR count). The van der Waals surface area contributed by atoms with Crippen molar-refractivity contribution in [1.29, 1.82) is 0 Å². The van der Waals surface area contributed by atoms with Crippen LogP contribution in [-0.2, 0) is 21.2 Å². The van der Waals surface area contributed by atoms with Crippen LogP contribution in [0.5, 0.6) is 11.5 Å². The summed E-state index contributed by atoms with van der Waals surface area (Å²) in [6.45, 7) is -0.216. The maximum Gasteiger partial charge on any atom is 0.244 e. The lowest BCUT2D eigenvalue weighted by atomic mass is 10.2. The van der Waals surface area contributed by atoms with Crippen LogP contribution in [0, 0.1) is 0 Å². The summed E-state index contributed by atoms with van der Waals surface area (Å²) in [6, 6.07) is 19.2. The Hall–Kier alpha value is -4.11. The minimum Gasteiger partial charge on any atom is -0.493 e. The van der Waals surface area contributed by atoms with Crippen LogP contribution in [-0.4, -0.2) is 33.1 Å². The number of hydrogen-bond acceptors (Lipinski definition) is 6. The minimum atomic E-state index is -4.09. The summed E-state index contributed by atoms with van der Waals surface area (Å²) >= 11 is 0. The van der Waals surface area contributed by atoms with Gasteiger partial charge in [0.15, 0.2) is 11.5 Å². The van der Waals surface area contributed by atoms with Gasteiger partial charge in [-0.1, -0.05) is 30.3 Å². The molecule has 1 N–H and O–H groups in total. The number of ether oxygens (including phenoxy) is 2. The third-order valence-electron chi connectivity index (χ3n) is 5.28. The highest BCUT2D eigenvalue weighted by Crippen LogP contribution is 2.29. The van der Waals surface area contributed by atoms with E-state index in [0.717, 1.165) is 0 Å². The zero-order valence-electron chi connectivity index (χ0n) is 18.5. The Labute approximate surface area is 196 Å². The highest BCUT2D eigenvalue weighted by Gasteiger charge is 2.24. The van der Waals surface area contributed by atoms with Gasteiger partial charge in [0.1, 0.15) is 11.4 Å². The topological polar surface area (TPSA) is 104 Å². The van der Waals surface area contributed by atoms with E-state index >= 15 is 0 Å². The molecular formula is C25H22N2O6S. The normalized spacial score (nSPS) is 11.2. The molecule has 0 aliphatic rings. The van der Waals surface area contributed by atoms with Gasteiger partial charge >= 0.3 is 0 Å². The third kappa shape index (κ3) is 4.38. The fourth-order valence-electron chi connectivity index (χ4n) is 3.64. The van der Waals surface area contributed by atoms with Crippen LogP contribution in [0.3, 0.4) is 0 Å². The van der Waals surface area contributed by atoms with Crippen molar-refractivity contribution < 1.29 is 22.7 Å². The number of carbonyl (C=O) groups excluding carboxylic acids is 1. The summed E-state index contributed by atoms with van der Waals surface area (Å²) in [5.41, 5.74) is 0.308. The molecule has 0 unspecified atom stereocenters. The number of anilines is 1. The molecule has 0 aliphatic carbocycles. The van der Waals surface area contributed by atoms with Crippen LogP contribution in [0.4, 0.5) is 5.69 Å². The molecule has 0 bridgehead atoms. The van der Waals surface area contributed by atoms with Crippen molar-refractivity contribution in [2.24, 2.45) is 0 Å². The Morgan fingerprint density at radius 1 is 0.912 bits per heavy atom. The quantitative estimate of drug-likeness (QED) is 0.436. The minimum absolute atomic E-state index is 0.00344. The van der Waals surface area contributed by atoms with Crippen molar-refractivity contribution in [1.82, 2.24) is 4.57 Å². The summed E-state index contributed by atoms with van der Waals surface area (Å²) < 4.78 is 38.4. The first kappa shape index (κ1) is 23.1. The van der Waals surface area contributed by atoms with Crippen LogP contribution in [0.15, 0.2) is 93.6 Å². The van der Waals surface area contributed by atoms with E-state index in [2.05, 4.69) is 5.32 Å². The molecule has 0 spiro atoms. The van der Waals surface area contributed by atoms with Gasteiger partial charge in [-0.25, -0.2) is 8.42 Å². The van der Waals surface area contributed by atoms with Crippen LogP contribution in [0.1, 0.15) is 0 Å². The van der Waals surface area contributed by atoms with Gasteiger partial charge in [-0.15, -0.1) is 0 Å². The van der Waals surface area contributed by atoms with Crippen LogP contribution in [0.2, 0.25) is 0 Å². The predicted octanol–water partition coefficient (Wildman–Crippen LogP) is 3.49. The number of benzene rings is 3. The zero-order chi connectivity index (χ0) is 24.3. The molecule has 0 atom stereocenters. The van der Waals surface area contributed by atoms with Gasteiger partial charge in [-0.3, -0.25) is 9.59 Å². The van der Waals surface area contributed by atoms with Gasteiger partial charge in [-0.05, 0) is 36.4 Å². The van der Waals surface area contributed by atoms with Gasteiger partial charge in [0, 0.05) is 23.3 Å². The second-order valence-electron chi connectivity index (χ2n) is 7.40. The molecule has 0 aliphatic heterocycles. The molecule has 9 heteroatoms. The molecule has 3 aromatic carbocycles. The van der Waals surface area contributed by atoms with E-state index in [1.165, 1.54) is 37.1 Å². The van der Waals surface area contributed by atoms with Crippen molar-refractivity contribution in [2.75, 3.05) is 19.5 Å². The molecule has 1 aromatic heterocycles. The number of nitrogens with zero attached hydrogens (tertiary/aromatic N) is 1. The fraction of sp³-hybridized carbons (Fsp3) is 0.120. The Kier molecular flexibility index (Phi) is 6.38. The van der Waals surface area contributed by atoms with Crippen molar-refractivity contribution in [2.45, 2.75) is 16.3 Å². The molecule has 0 radical (unpaired) electrons. The van der Waals surface area contributed by atoms with Crippen molar-refractivity contribution in [3.05, 3.63) is 89.2 Å². The van der Waals surface area contributed by atoms with Gasteiger partial charge in [0.25, 0.3) is 0 Å². The number of sulfone groups is 1. The van der Waals surface area contributed by atoms with E-state index in [1.54, 1.807) is 60.7 Å². The van der Waals surface area contributed by atoms with Crippen molar-refractivity contribution >= 4 is 32.3 Å². The number of pyridine rings is 1. The average molecular weight is 479 g/mol. The van der Waals surface area contributed by atoms with E-state index < -0.39 is 26.1 Å². The average Bonchev–Trinajstić information content (AvgIpc) is 2.86. The lowest BCUT2D eigenvalue weighted by Crippen LogP contribution is -2.23. The Bertz CT molecular complexity index is 1530. The zero-order valence-corrected chi connectivity index (χ0v) is 19.3. The monoisotopic (exact) mass is 478 g/mol. The SMILES string of the molecule is COc1ccc(NC(=O)Cn2cc(S(=O)(=O)c3ccccc3)c(=O)c3ccccc32)cc1OC. The maximum atomic E-state index is 13.2. The number of methoxy groups -OCH3 is 2. The Morgan fingerprint density at radius 2 is 1.59 bits per heavy atom. The molecule has 0 saturated carbocycles. The van der Waals surface area contributed by atoms with E-state index in [-0.39, 0.29) is 16.8 Å². The standard InChI is InChI=1S/C25H22N2O6S/c1-32-21-13-12-17(14-22(21)33-2)26-24(28)16-27-15-23(25(29)19-10-6-7-11-20(19)27)34(30,31)18-8-4-3-5-9-18/h3-15H,16H2,1-2H3,(H,26,28). The molecule has 1 heterocycles. The number of fused-ring (bicyclic) bond motifs is 1. The Balaban J connectivity index is 1.74. The highest BCUT2D eigenvalue weighted by atomic mass is 32.2. The molecule has 8 nitrogen and oxygen atoms in total. The second kappa shape index (κ2) is 9.40. The number of carbonyl (C=O) groups is 1. The highest BCUT2D eigenvalue weighted by molar-refractivity contribution is 7.91. The van der Waals surface area contributed by atoms with Gasteiger partial charge in [-0.2, -0.15) is 0 Å². The first-order chi connectivity index (χ1) is 16.3. The number of aromatic nitrogens is 1. The molecule has 4 aromatic rings. The van der Waals surface area contributed by atoms with E-state index in [0.29, 0.717) is 22.7 Å². The molecule has 0 fully saturated rings. The van der Waals surface area contributed by atoms with Crippen LogP contribution < -0.4 is 20.2 Å². The number of nitrogens with one attached hydrogen (secondary N) is 1. The first-order valence-corrected chi connectivity index (χ1v) is 11.8. The summed E-state index contributed by atoms with van der Waals surface area (Å²) in [6.07, 6.45) is 1.22. The van der Waals surface area contributed by atoms with Gasteiger partial charge in [0.05, 0.1) is 24.6 Å². The largest absolute Gasteiger partial charge is 0.493 e. The number of amides is 1. The summed E-state index contributed by atoms with van der Waals surface area (Å²) in [7, 11) is -1.09. The fourth-order valence-corrected chi connectivity index (χ4v) is 5.03. The summed E-state index contributed by atoms with van der Waals surface area (Å²) in [5, 5.41) is 2.97. The third-order valence-corrected chi connectivity index (χ3v) is 7.04. The van der Waals surface area contributed by atoms with E-state index in [4.69, 9.17) is 9.47 Å². The number of hydrogen-bond donors (Lipinski definition) is 1. The first-order valence-electron chi connectivity index (χ1n) is 10.3. The smallest absolute Gasteiger partial charge is 0.244 e. The molecular weight excluding hydrogens is 456 g/mol. The molecule has 0 saturated heterocycles. The lowest BCUT2D eigenvalue weighted by molar-refractivity contribution is -0.116. The molecule has 174 valence electrons. The van der Waals surface area contributed by atoms with Gasteiger partial charge in [0.2, 0.25) is 21.2 Å². The van der Waals surface area contributed by atoms with Crippen molar-refractivity contribution in [3.8, 4) is 11.5 Å². The number of rotatable bonds is 7. The Morgan fingerprint density at radius 3 is 2.29 bits per heavy atom. The number of para-hydroxylation sites is 1. The maximum absolute atomic E-state index is 13.2. The molecule has 34 heavy (non-hydrogen) atoms. The molecule has 1 amide bonds. The van der Waals surface area contributed by atoms with Crippen LogP contribution >= 0.6 is 0 Å². The van der Waals surface area contributed by atoms with E-state index in [1.807, 2.05) is 0 Å². The van der Waals surface area contributed by atoms with Crippen LogP contribution in [0.25, 0.3) is 10.9 Å². The summed E-state index contributed by atoms with van der Waals surface area (Å²) in [4.78, 5) is 25.6. The predicted molar refractivity (Wildman–Crippen MR) is 128 cm³/mol. The van der Waals surface area contributed by atoms with E-state index in [9.17, 15) is 18.0 Å². The lowest BCUT2D eigenvalue weighted by Gasteiger charge is -2.15. The summed E-state index contributed by atoms with van der Waals surface area (Å²) in [5.74, 6) is 0.553. The van der Waals surface area contributed by atoms with Crippen molar-refractivity contribution in [3.63, 3.8) is 0 Å².